The van der Waals surface area contributed by atoms with Gasteiger partial charge in [0.25, 0.3) is 5.91 Å². The zero-order valence-corrected chi connectivity index (χ0v) is 16.3. The second-order valence-electron chi connectivity index (χ2n) is 5.33. The SMILES string of the molecule is CCOC(=O)c1sc(NC(=O)COC(=O)c2ccncc2)c(C(=O)OC)c1C. The molecule has 0 atom stereocenters. The van der Waals surface area contributed by atoms with Gasteiger partial charge in [0.05, 0.1) is 24.8 Å². The third kappa shape index (κ3) is 4.92. The number of carbonyl (C=O) groups is 4. The van der Waals surface area contributed by atoms with Crippen LogP contribution in [0.2, 0.25) is 0 Å². The van der Waals surface area contributed by atoms with Crippen LogP contribution in [0.4, 0.5) is 5.00 Å². The van der Waals surface area contributed by atoms with Crippen molar-refractivity contribution in [1.82, 2.24) is 4.98 Å². The molecule has 0 aliphatic carbocycles. The van der Waals surface area contributed by atoms with Crippen LogP contribution in [-0.4, -0.2) is 49.1 Å². The summed E-state index contributed by atoms with van der Waals surface area (Å²) in [4.78, 5) is 52.1. The first-order chi connectivity index (χ1) is 13.4. The molecule has 0 radical (unpaired) electrons. The molecule has 0 aliphatic heterocycles. The van der Waals surface area contributed by atoms with E-state index in [0.717, 1.165) is 11.3 Å². The molecule has 10 heteroatoms. The van der Waals surface area contributed by atoms with Gasteiger partial charge in [-0.1, -0.05) is 0 Å². The van der Waals surface area contributed by atoms with Gasteiger partial charge >= 0.3 is 17.9 Å². The number of hydrogen-bond acceptors (Lipinski definition) is 9. The Kier molecular flexibility index (Phi) is 7.21. The van der Waals surface area contributed by atoms with Gasteiger partial charge in [0, 0.05) is 12.4 Å². The Morgan fingerprint density at radius 1 is 1.07 bits per heavy atom. The number of amides is 1. The van der Waals surface area contributed by atoms with Gasteiger partial charge in [-0.2, -0.15) is 0 Å². The van der Waals surface area contributed by atoms with Gasteiger partial charge in [0.15, 0.2) is 6.61 Å². The van der Waals surface area contributed by atoms with E-state index in [1.807, 2.05) is 0 Å². The number of methoxy groups -OCH3 is 1. The van der Waals surface area contributed by atoms with Gasteiger partial charge in [0.1, 0.15) is 9.88 Å². The number of ether oxygens (including phenoxy) is 3. The molecule has 0 spiro atoms. The zero-order chi connectivity index (χ0) is 20.7. The van der Waals surface area contributed by atoms with Crippen molar-refractivity contribution in [3.63, 3.8) is 0 Å². The molecular weight excluding hydrogens is 388 g/mol. The van der Waals surface area contributed by atoms with Crippen LogP contribution in [0.3, 0.4) is 0 Å². The highest BCUT2D eigenvalue weighted by atomic mass is 32.1. The monoisotopic (exact) mass is 406 g/mol. The van der Waals surface area contributed by atoms with Gasteiger partial charge in [-0.3, -0.25) is 9.78 Å². The molecule has 0 aliphatic rings. The Bertz CT molecular complexity index is 893. The summed E-state index contributed by atoms with van der Waals surface area (Å²) < 4.78 is 14.6. The van der Waals surface area contributed by atoms with Gasteiger partial charge in [0.2, 0.25) is 0 Å². The minimum Gasteiger partial charge on any atom is -0.465 e. The standard InChI is InChI=1S/C18H18N2O7S/c1-4-26-18(24)14-10(2)13(17(23)25-3)15(28-14)20-12(21)9-27-16(22)11-5-7-19-8-6-11/h5-8H,4,9H2,1-3H3,(H,20,21). The summed E-state index contributed by atoms with van der Waals surface area (Å²) in [5, 5.41) is 2.58. The van der Waals surface area contributed by atoms with Crippen LogP contribution in [0.15, 0.2) is 24.5 Å². The lowest BCUT2D eigenvalue weighted by Gasteiger charge is -2.07. The maximum atomic E-state index is 12.2. The van der Waals surface area contributed by atoms with E-state index >= 15 is 0 Å². The molecule has 0 unspecified atom stereocenters. The van der Waals surface area contributed by atoms with Crippen LogP contribution in [-0.2, 0) is 19.0 Å². The van der Waals surface area contributed by atoms with E-state index in [-0.39, 0.29) is 27.6 Å². The molecule has 0 bridgehead atoms. The number of rotatable bonds is 7. The Balaban J connectivity index is 2.14. The fraction of sp³-hybridized carbons (Fsp3) is 0.278. The normalized spacial score (nSPS) is 10.1. The van der Waals surface area contributed by atoms with E-state index in [1.165, 1.54) is 31.6 Å². The van der Waals surface area contributed by atoms with Crippen LogP contribution < -0.4 is 5.32 Å². The number of nitrogens with one attached hydrogen (secondary N) is 1. The summed E-state index contributed by atoms with van der Waals surface area (Å²) in [5.41, 5.74) is 0.623. The molecule has 28 heavy (non-hydrogen) atoms. The highest BCUT2D eigenvalue weighted by molar-refractivity contribution is 7.18. The molecule has 1 N–H and O–H groups in total. The predicted octanol–water partition coefficient (Wildman–Crippen LogP) is 2.21. The van der Waals surface area contributed by atoms with Gasteiger partial charge in [-0.05, 0) is 31.5 Å². The molecule has 2 heterocycles. The van der Waals surface area contributed by atoms with Crippen LogP contribution in [0.5, 0.6) is 0 Å². The van der Waals surface area contributed by atoms with Crippen LogP contribution >= 0.6 is 11.3 Å². The molecule has 2 aromatic heterocycles. The molecular formula is C18H18N2O7S. The third-order valence-corrected chi connectivity index (χ3v) is 4.69. The summed E-state index contributed by atoms with van der Waals surface area (Å²) in [5.74, 6) is -2.70. The third-order valence-electron chi connectivity index (χ3n) is 3.50. The highest BCUT2D eigenvalue weighted by Crippen LogP contribution is 2.34. The first kappa shape index (κ1) is 21.0. The average Bonchev–Trinajstić information content (AvgIpc) is 3.02. The lowest BCUT2D eigenvalue weighted by atomic mass is 10.1. The van der Waals surface area contributed by atoms with Crippen molar-refractivity contribution in [2.24, 2.45) is 0 Å². The molecule has 148 valence electrons. The molecule has 0 saturated carbocycles. The van der Waals surface area contributed by atoms with Gasteiger partial charge < -0.3 is 19.5 Å². The highest BCUT2D eigenvalue weighted by Gasteiger charge is 2.27. The quantitative estimate of drug-likeness (QED) is 0.549. The molecule has 1 amide bonds. The lowest BCUT2D eigenvalue weighted by Crippen LogP contribution is -2.21. The number of carbonyl (C=O) groups excluding carboxylic acids is 4. The van der Waals surface area contributed by atoms with Gasteiger partial charge in [-0.25, -0.2) is 14.4 Å². The molecule has 9 nitrogen and oxygen atoms in total. The zero-order valence-electron chi connectivity index (χ0n) is 15.4. The summed E-state index contributed by atoms with van der Waals surface area (Å²) >= 11 is 0.881. The number of hydrogen-bond donors (Lipinski definition) is 1. The van der Waals surface area contributed by atoms with Crippen molar-refractivity contribution in [2.45, 2.75) is 13.8 Å². The van der Waals surface area contributed by atoms with E-state index in [4.69, 9.17) is 14.2 Å². The number of pyridine rings is 1. The summed E-state index contributed by atoms with van der Waals surface area (Å²) in [7, 11) is 1.19. The fourth-order valence-electron chi connectivity index (χ4n) is 2.21. The minimum absolute atomic E-state index is 0.0457. The maximum absolute atomic E-state index is 12.2. The predicted molar refractivity (Wildman–Crippen MR) is 99.5 cm³/mol. The number of thiophene rings is 1. The van der Waals surface area contributed by atoms with E-state index in [9.17, 15) is 19.2 Å². The number of aromatic nitrogens is 1. The lowest BCUT2D eigenvalue weighted by molar-refractivity contribution is -0.119. The Morgan fingerprint density at radius 3 is 2.36 bits per heavy atom. The van der Waals surface area contributed by atoms with E-state index in [0.29, 0.717) is 5.56 Å². The second kappa shape index (κ2) is 9.60. The van der Waals surface area contributed by atoms with Crippen molar-refractivity contribution in [3.05, 3.63) is 46.1 Å². The summed E-state index contributed by atoms with van der Waals surface area (Å²) in [6.45, 7) is 2.79. The van der Waals surface area contributed by atoms with Crippen molar-refractivity contribution in [2.75, 3.05) is 25.6 Å². The summed E-state index contributed by atoms with van der Waals surface area (Å²) in [6.07, 6.45) is 2.84. The van der Waals surface area contributed by atoms with Crippen molar-refractivity contribution in [3.8, 4) is 0 Å². The molecule has 0 aromatic carbocycles. The van der Waals surface area contributed by atoms with Gasteiger partial charge in [-0.15, -0.1) is 11.3 Å². The Hall–Kier alpha value is -3.27. The molecule has 2 aromatic rings. The van der Waals surface area contributed by atoms with Crippen molar-refractivity contribution >= 4 is 40.2 Å². The van der Waals surface area contributed by atoms with Crippen LogP contribution in [0.1, 0.15) is 42.9 Å². The molecule has 2 rings (SSSR count). The average molecular weight is 406 g/mol. The largest absolute Gasteiger partial charge is 0.465 e. The van der Waals surface area contributed by atoms with Crippen LogP contribution in [0, 0.1) is 6.92 Å². The summed E-state index contributed by atoms with van der Waals surface area (Å²) in [6, 6.07) is 2.90. The Labute approximate surface area is 164 Å². The van der Waals surface area contributed by atoms with E-state index in [2.05, 4.69) is 10.3 Å². The fourth-order valence-corrected chi connectivity index (χ4v) is 3.31. The first-order valence-electron chi connectivity index (χ1n) is 8.14. The van der Waals surface area contributed by atoms with E-state index in [1.54, 1.807) is 13.8 Å². The molecule has 0 fully saturated rings. The number of nitrogens with zero attached hydrogens (tertiary/aromatic N) is 1. The smallest absolute Gasteiger partial charge is 0.348 e. The Morgan fingerprint density at radius 2 is 1.75 bits per heavy atom. The van der Waals surface area contributed by atoms with Crippen LogP contribution in [0.25, 0.3) is 0 Å². The maximum Gasteiger partial charge on any atom is 0.348 e. The van der Waals surface area contributed by atoms with Crippen molar-refractivity contribution < 1.29 is 33.4 Å². The van der Waals surface area contributed by atoms with E-state index < -0.39 is 30.4 Å². The topological polar surface area (TPSA) is 121 Å². The van der Waals surface area contributed by atoms with Crippen molar-refractivity contribution in [1.29, 1.82) is 0 Å². The number of anilines is 1. The molecule has 0 saturated heterocycles. The number of esters is 3. The minimum atomic E-state index is -0.714. The first-order valence-corrected chi connectivity index (χ1v) is 8.96. The second-order valence-corrected chi connectivity index (χ2v) is 6.35.